The molecule has 1 saturated carbocycles. The normalized spacial score (nSPS) is 18.9. The van der Waals surface area contributed by atoms with Crippen LogP contribution in [0.3, 0.4) is 0 Å². The maximum atomic E-state index is 13.1. The zero-order valence-electron chi connectivity index (χ0n) is 15.3. The van der Waals surface area contributed by atoms with Crippen molar-refractivity contribution in [3.63, 3.8) is 0 Å². The molecule has 1 N–H and O–H groups in total. The van der Waals surface area contributed by atoms with Gasteiger partial charge in [-0.3, -0.25) is 4.79 Å². The van der Waals surface area contributed by atoms with E-state index in [0.29, 0.717) is 19.4 Å². The third-order valence-corrected chi connectivity index (χ3v) is 4.92. The second-order valence-electron chi connectivity index (χ2n) is 6.89. The fraction of sp³-hybridized carbons (Fsp3) is 0.381. The van der Waals surface area contributed by atoms with Crippen LogP contribution in [0, 0.1) is 12.8 Å². The average molecular weight is 377 g/mol. The van der Waals surface area contributed by atoms with Gasteiger partial charge in [0.05, 0.1) is 12.7 Å². The quantitative estimate of drug-likeness (QED) is 0.806. The fourth-order valence-corrected chi connectivity index (χ4v) is 3.46. The van der Waals surface area contributed by atoms with Crippen LogP contribution in [0.4, 0.5) is 13.2 Å². The van der Waals surface area contributed by atoms with E-state index in [0.717, 1.165) is 22.9 Å². The van der Waals surface area contributed by atoms with Crippen molar-refractivity contribution in [3.8, 4) is 5.75 Å². The van der Waals surface area contributed by atoms with Crippen molar-refractivity contribution in [1.82, 2.24) is 5.32 Å². The number of alkyl halides is 3. The lowest BCUT2D eigenvalue weighted by atomic mass is 10.0. The molecule has 1 fully saturated rings. The number of nitrogens with one attached hydrogen (secondary N) is 1. The molecule has 0 heterocycles. The van der Waals surface area contributed by atoms with E-state index in [2.05, 4.69) is 5.32 Å². The van der Waals surface area contributed by atoms with Crippen molar-refractivity contribution in [1.29, 1.82) is 0 Å². The molecule has 1 aliphatic rings. The maximum Gasteiger partial charge on any atom is 0.416 e. The molecule has 2 atom stereocenters. The van der Waals surface area contributed by atoms with Gasteiger partial charge in [0.15, 0.2) is 0 Å². The lowest BCUT2D eigenvalue weighted by Crippen LogP contribution is -2.27. The van der Waals surface area contributed by atoms with Gasteiger partial charge in [-0.25, -0.2) is 0 Å². The number of carbonyl (C=O) groups is 1. The lowest BCUT2D eigenvalue weighted by Gasteiger charge is -2.13. The Morgan fingerprint density at radius 3 is 2.67 bits per heavy atom. The van der Waals surface area contributed by atoms with Crippen molar-refractivity contribution in [3.05, 3.63) is 64.7 Å². The molecule has 0 radical (unpaired) electrons. The topological polar surface area (TPSA) is 38.3 Å². The maximum absolute atomic E-state index is 13.1. The Morgan fingerprint density at radius 1 is 1.22 bits per heavy atom. The third kappa shape index (κ3) is 4.43. The van der Waals surface area contributed by atoms with Crippen molar-refractivity contribution in [2.24, 2.45) is 5.92 Å². The summed E-state index contributed by atoms with van der Waals surface area (Å²) in [6.45, 7) is 2.40. The Balaban J connectivity index is 1.58. The van der Waals surface area contributed by atoms with Crippen LogP contribution in [0.1, 0.15) is 34.6 Å². The summed E-state index contributed by atoms with van der Waals surface area (Å²) in [5.41, 5.74) is 1.66. The highest BCUT2D eigenvalue weighted by Crippen LogP contribution is 2.51. The molecule has 1 amide bonds. The number of ether oxygens (including phenoxy) is 1. The Bertz CT molecular complexity index is 832. The van der Waals surface area contributed by atoms with E-state index in [-0.39, 0.29) is 17.4 Å². The lowest BCUT2D eigenvalue weighted by molar-refractivity contribution is -0.138. The van der Waals surface area contributed by atoms with Crippen molar-refractivity contribution in [2.75, 3.05) is 13.7 Å². The van der Waals surface area contributed by atoms with Crippen molar-refractivity contribution in [2.45, 2.75) is 31.9 Å². The van der Waals surface area contributed by atoms with Gasteiger partial charge in [-0.15, -0.1) is 0 Å². The highest BCUT2D eigenvalue weighted by molar-refractivity contribution is 5.83. The van der Waals surface area contributed by atoms with E-state index in [9.17, 15) is 18.0 Å². The third-order valence-electron chi connectivity index (χ3n) is 4.92. The van der Waals surface area contributed by atoms with E-state index < -0.39 is 17.7 Å². The summed E-state index contributed by atoms with van der Waals surface area (Å²) < 4.78 is 44.8. The standard InChI is InChI=1S/C21H22F3NO2/c1-13-7-8-19(27-2)14(11-13)9-10-25-20(26)17-12-16(17)15-5-3-4-6-18(15)21(22,23)24/h3-8,11,16-17H,9-10,12H2,1-2H3,(H,25,26). The molecular weight excluding hydrogens is 355 g/mol. The smallest absolute Gasteiger partial charge is 0.416 e. The molecule has 2 aromatic carbocycles. The summed E-state index contributed by atoms with van der Waals surface area (Å²) in [5.74, 6) is -0.189. The minimum atomic E-state index is -4.40. The molecule has 0 saturated heterocycles. The number of aryl methyl sites for hydroxylation is 1. The van der Waals surface area contributed by atoms with Gasteiger partial charge in [0.2, 0.25) is 5.91 Å². The predicted octanol–water partition coefficient (Wildman–Crippen LogP) is 4.48. The predicted molar refractivity (Wildman–Crippen MR) is 96.7 cm³/mol. The first kappa shape index (κ1) is 19.3. The molecule has 6 heteroatoms. The Morgan fingerprint density at radius 2 is 1.96 bits per heavy atom. The van der Waals surface area contributed by atoms with Gasteiger partial charge in [-0.2, -0.15) is 13.2 Å². The van der Waals surface area contributed by atoms with Crippen molar-refractivity contribution >= 4 is 5.91 Å². The molecular formula is C21H22F3NO2. The molecule has 1 aliphatic carbocycles. The van der Waals surface area contributed by atoms with Crippen LogP contribution in [-0.2, 0) is 17.4 Å². The van der Waals surface area contributed by atoms with Gasteiger partial charge < -0.3 is 10.1 Å². The Kier molecular flexibility index (Phi) is 5.44. The van der Waals surface area contributed by atoms with E-state index in [1.54, 1.807) is 13.2 Å². The average Bonchev–Trinajstić information content (AvgIpc) is 3.42. The highest BCUT2D eigenvalue weighted by atomic mass is 19.4. The van der Waals surface area contributed by atoms with Crippen LogP contribution in [0.15, 0.2) is 42.5 Å². The van der Waals surface area contributed by atoms with E-state index >= 15 is 0 Å². The van der Waals surface area contributed by atoms with Crippen LogP contribution < -0.4 is 10.1 Å². The number of hydrogen-bond acceptors (Lipinski definition) is 2. The minimum absolute atomic E-state index is 0.191. The van der Waals surface area contributed by atoms with Gasteiger partial charge in [0.1, 0.15) is 5.75 Å². The highest BCUT2D eigenvalue weighted by Gasteiger charge is 2.47. The number of benzene rings is 2. The molecule has 0 bridgehead atoms. The fourth-order valence-electron chi connectivity index (χ4n) is 3.46. The molecule has 2 unspecified atom stereocenters. The molecule has 2 aromatic rings. The first-order chi connectivity index (χ1) is 12.8. The molecule has 144 valence electrons. The number of halogens is 3. The van der Waals surface area contributed by atoms with E-state index in [1.807, 2.05) is 25.1 Å². The summed E-state index contributed by atoms with van der Waals surface area (Å²) in [6.07, 6.45) is -3.35. The molecule has 3 rings (SSSR count). The van der Waals surface area contributed by atoms with Crippen LogP contribution in [0.2, 0.25) is 0 Å². The first-order valence-electron chi connectivity index (χ1n) is 8.88. The SMILES string of the molecule is COc1ccc(C)cc1CCNC(=O)C1CC1c1ccccc1C(F)(F)F. The number of hydrogen-bond donors (Lipinski definition) is 1. The monoisotopic (exact) mass is 377 g/mol. The molecule has 0 spiro atoms. The van der Waals surface area contributed by atoms with E-state index in [4.69, 9.17) is 4.74 Å². The second kappa shape index (κ2) is 7.62. The molecule has 0 aromatic heterocycles. The van der Waals surface area contributed by atoms with Gasteiger partial charge in [0, 0.05) is 12.5 Å². The van der Waals surface area contributed by atoms with Crippen LogP contribution >= 0.6 is 0 Å². The zero-order chi connectivity index (χ0) is 19.6. The van der Waals surface area contributed by atoms with Crippen LogP contribution in [0.25, 0.3) is 0 Å². The largest absolute Gasteiger partial charge is 0.496 e. The summed E-state index contributed by atoms with van der Waals surface area (Å²) in [7, 11) is 1.60. The summed E-state index contributed by atoms with van der Waals surface area (Å²) in [5, 5.41) is 2.85. The van der Waals surface area contributed by atoms with Crippen LogP contribution in [-0.4, -0.2) is 19.6 Å². The number of carbonyl (C=O) groups excluding carboxylic acids is 1. The summed E-state index contributed by atoms with van der Waals surface area (Å²) in [4.78, 5) is 12.3. The van der Waals surface area contributed by atoms with Gasteiger partial charge in [-0.05, 0) is 48.9 Å². The van der Waals surface area contributed by atoms with Gasteiger partial charge >= 0.3 is 6.18 Å². The number of amides is 1. The summed E-state index contributed by atoms with van der Waals surface area (Å²) >= 11 is 0. The van der Waals surface area contributed by atoms with Gasteiger partial charge in [0.25, 0.3) is 0 Å². The summed E-state index contributed by atoms with van der Waals surface area (Å²) in [6, 6.07) is 11.3. The second-order valence-corrected chi connectivity index (χ2v) is 6.89. The number of rotatable bonds is 6. The van der Waals surface area contributed by atoms with Gasteiger partial charge in [-0.1, -0.05) is 35.9 Å². The van der Waals surface area contributed by atoms with E-state index in [1.165, 1.54) is 12.1 Å². The first-order valence-corrected chi connectivity index (χ1v) is 8.88. The zero-order valence-corrected chi connectivity index (χ0v) is 15.3. The Labute approximate surface area is 156 Å². The van der Waals surface area contributed by atoms with Crippen LogP contribution in [0.5, 0.6) is 5.75 Å². The van der Waals surface area contributed by atoms with Crippen molar-refractivity contribution < 1.29 is 22.7 Å². The molecule has 0 aliphatic heterocycles. The molecule has 3 nitrogen and oxygen atoms in total. The minimum Gasteiger partial charge on any atom is -0.496 e. The number of methoxy groups -OCH3 is 1. The Hall–Kier alpha value is -2.50. The molecule has 27 heavy (non-hydrogen) atoms.